The van der Waals surface area contributed by atoms with E-state index in [0.717, 1.165) is 18.7 Å². The van der Waals surface area contributed by atoms with Crippen LogP contribution < -0.4 is 5.32 Å². The van der Waals surface area contributed by atoms with Gasteiger partial charge in [-0.25, -0.2) is 0 Å². The Morgan fingerprint density at radius 2 is 1.95 bits per heavy atom. The Morgan fingerprint density at radius 3 is 2.62 bits per heavy atom. The predicted molar refractivity (Wildman–Crippen MR) is 87.7 cm³/mol. The zero-order valence-electron chi connectivity index (χ0n) is 14.3. The Labute approximate surface area is 130 Å². The van der Waals surface area contributed by atoms with Crippen LogP contribution in [0.2, 0.25) is 0 Å². The summed E-state index contributed by atoms with van der Waals surface area (Å²) >= 11 is 0. The molecule has 0 aromatic rings. The summed E-state index contributed by atoms with van der Waals surface area (Å²) in [6.45, 7) is 10.3. The molecule has 1 N–H and O–H groups in total. The number of ether oxygens (including phenoxy) is 1. The Balaban J connectivity index is 1.73. The van der Waals surface area contributed by atoms with Gasteiger partial charge in [0.25, 0.3) is 0 Å². The standard InChI is InChI=1S/C18H34N2O/c1-4-15-13-19-18(9-6-5-7-10-18)14-20(15)16-8-11-21-17(2,3)12-16/h15-16,19H,4-14H2,1-3H3. The fraction of sp³-hybridized carbons (Fsp3) is 1.00. The van der Waals surface area contributed by atoms with Crippen LogP contribution in [-0.2, 0) is 4.74 Å². The van der Waals surface area contributed by atoms with E-state index in [1.165, 1.54) is 64.5 Å². The highest BCUT2D eigenvalue weighted by atomic mass is 16.5. The van der Waals surface area contributed by atoms with Gasteiger partial charge in [0, 0.05) is 37.3 Å². The molecule has 3 rings (SSSR count). The zero-order valence-corrected chi connectivity index (χ0v) is 14.3. The molecule has 0 radical (unpaired) electrons. The molecule has 0 bridgehead atoms. The van der Waals surface area contributed by atoms with Gasteiger partial charge in [0.15, 0.2) is 0 Å². The van der Waals surface area contributed by atoms with Gasteiger partial charge in [0.1, 0.15) is 0 Å². The lowest BCUT2D eigenvalue weighted by molar-refractivity contribution is -0.101. The monoisotopic (exact) mass is 294 g/mol. The first kappa shape index (κ1) is 15.8. The number of hydrogen-bond donors (Lipinski definition) is 1. The molecule has 3 fully saturated rings. The molecule has 0 amide bonds. The number of nitrogens with zero attached hydrogens (tertiary/aromatic N) is 1. The zero-order chi connectivity index (χ0) is 14.9. The molecule has 0 aromatic carbocycles. The number of rotatable bonds is 2. The molecule has 122 valence electrons. The van der Waals surface area contributed by atoms with Crippen molar-refractivity contribution in [1.82, 2.24) is 10.2 Å². The Kier molecular flexibility index (Phi) is 4.63. The van der Waals surface area contributed by atoms with Crippen LogP contribution in [0.25, 0.3) is 0 Å². The molecule has 0 aromatic heterocycles. The molecular weight excluding hydrogens is 260 g/mol. The van der Waals surface area contributed by atoms with Gasteiger partial charge in [-0.2, -0.15) is 0 Å². The second-order valence-electron chi connectivity index (χ2n) is 8.21. The van der Waals surface area contributed by atoms with Crippen molar-refractivity contribution < 1.29 is 4.74 Å². The molecule has 3 aliphatic rings. The van der Waals surface area contributed by atoms with Crippen LogP contribution >= 0.6 is 0 Å². The van der Waals surface area contributed by atoms with Crippen LogP contribution in [0.1, 0.15) is 72.1 Å². The van der Waals surface area contributed by atoms with E-state index in [1.807, 2.05) is 0 Å². The van der Waals surface area contributed by atoms with Gasteiger partial charge in [0.05, 0.1) is 5.60 Å². The second kappa shape index (κ2) is 6.17. The van der Waals surface area contributed by atoms with Gasteiger partial charge in [0.2, 0.25) is 0 Å². The van der Waals surface area contributed by atoms with Crippen LogP contribution in [0.4, 0.5) is 0 Å². The third-order valence-corrected chi connectivity index (χ3v) is 6.09. The first-order chi connectivity index (χ1) is 10.0. The lowest BCUT2D eigenvalue weighted by Crippen LogP contribution is -2.67. The molecule has 2 saturated heterocycles. The highest BCUT2D eigenvalue weighted by molar-refractivity contribution is 5.02. The molecule has 2 atom stereocenters. The quantitative estimate of drug-likeness (QED) is 0.845. The van der Waals surface area contributed by atoms with Gasteiger partial charge in [-0.05, 0) is 46.0 Å². The van der Waals surface area contributed by atoms with Crippen molar-refractivity contribution in [2.24, 2.45) is 0 Å². The third kappa shape index (κ3) is 3.46. The van der Waals surface area contributed by atoms with Crippen molar-refractivity contribution >= 4 is 0 Å². The summed E-state index contributed by atoms with van der Waals surface area (Å²) in [5, 5.41) is 3.95. The summed E-state index contributed by atoms with van der Waals surface area (Å²) in [4.78, 5) is 2.87. The molecule has 3 nitrogen and oxygen atoms in total. The lowest BCUT2D eigenvalue weighted by Gasteiger charge is -2.54. The topological polar surface area (TPSA) is 24.5 Å². The first-order valence-electron chi connectivity index (χ1n) is 9.18. The molecule has 2 heterocycles. The summed E-state index contributed by atoms with van der Waals surface area (Å²) in [5.74, 6) is 0. The SMILES string of the molecule is CCC1CNC2(CCCCC2)CN1C1CCOC(C)(C)C1. The van der Waals surface area contributed by atoms with E-state index in [4.69, 9.17) is 4.74 Å². The molecule has 21 heavy (non-hydrogen) atoms. The summed E-state index contributed by atoms with van der Waals surface area (Å²) in [6, 6.07) is 1.44. The van der Waals surface area contributed by atoms with Crippen molar-refractivity contribution in [2.75, 3.05) is 19.7 Å². The summed E-state index contributed by atoms with van der Waals surface area (Å²) in [6.07, 6.45) is 10.7. The van der Waals surface area contributed by atoms with Gasteiger partial charge >= 0.3 is 0 Å². The Bertz CT molecular complexity index is 349. The molecule has 1 saturated carbocycles. The number of piperazine rings is 1. The minimum atomic E-state index is 0.0613. The Hall–Kier alpha value is -0.120. The molecule has 1 aliphatic carbocycles. The summed E-state index contributed by atoms with van der Waals surface area (Å²) < 4.78 is 5.95. The van der Waals surface area contributed by atoms with Crippen molar-refractivity contribution in [3.63, 3.8) is 0 Å². The second-order valence-corrected chi connectivity index (χ2v) is 8.21. The van der Waals surface area contributed by atoms with Crippen LogP contribution in [-0.4, -0.2) is 47.8 Å². The van der Waals surface area contributed by atoms with Crippen molar-refractivity contribution in [2.45, 2.75) is 95.4 Å². The fourth-order valence-corrected chi connectivity index (χ4v) is 4.84. The van der Waals surface area contributed by atoms with Gasteiger partial charge in [-0.3, -0.25) is 4.90 Å². The van der Waals surface area contributed by atoms with E-state index in [-0.39, 0.29) is 5.60 Å². The molecular formula is C18H34N2O. The minimum Gasteiger partial charge on any atom is -0.375 e. The lowest BCUT2D eigenvalue weighted by atomic mass is 9.78. The van der Waals surface area contributed by atoms with E-state index < -0.39 is 0 Å². The van der Waals surface area contributed by atoms with Crippen molar-refractivity contribution in [1.29, 1.82) is 0 Å². The number of nitrogens with one attached hydrogen (secondary N) is 1. The fourth-order valence-electron chi connectivity index (χ4n) is 4.84. The van der Waals surface area contributed by atoms with Crippen LogP contribution in [0.3, 0.4) is 0 Å². The molecule has 2 unspecified atom stereocenters. The van der Waals surface area contributed by atoms with Gasteiger partial charge in [-0.15, -0.1) is 0 Å². The number of hydrogen-bond acceptors (Lipinski definition) is 3. The highest BCUT2D eigenvalue weighted by Gasteiger charge is 2.43. The maximum Gasteiger partial charge on any atom is 0.0641 e. The van der Waals surface area contributed by atoms with E-state index in [1.54, 1.807) is 0 Å². The first-order valence-corrected chi connectivity index (χ1v) is 9.18. The minimum absolute atomic E-state index is 0.0613. The van der Waals surface area contributed by atoms with Crippen molar-refractivity contribution in [3.8, 4) is 0 Å². The van der Waals surface area contributed by atoms with E-state index in [2.05, 4.69) is 31.0 Å². The van der Waals surface area contributed by atoms with Crippen LogP contribution in [0.15, 0.2) is 0 Å². The predicted octanol–water partition coefficient (Wildman–Crippen LogP) is 3.33. The van der Waals surface area contributed by atoms with Crippen LogP contribution in [0.5, 0.6) is 0 Å². The Morgan fingerprint density at radius 1 is 1.19 bits per heavy atom. The largest absolute Gasteiger partial charge is 0.375 e. The average Bonchev–Trinajstić information content (AvgIpc) is 2.47. The van der Waals surface area contributed by atoms with Gasteiger partial charge in [-0.1, -0.05) is 26.2 Å². The average molecular weight is 294 g/mol. The maximum atomic E-state index is 5.95. The summed E-state index contributed by atoms with van der Waals surface area (Å²) in [5.41, 5.74) is 0.484. The smallest absolute Gasteiger partial charge is 0.0641 e. The van der Waals surface area contributed by atoms with E-state index >= 15 is 0 Å². The molecule has 3 heteroatoms. The van der Waals surface area contributed by atoms with Crippen molar-refractivity contribution in [3.05, 3.63) is 0 Å². The molecule has 1 spiro atoms. The highest BCUT2D eigenvalue weighted by Crippen LogP contribution is 2.36. The normalized spacial score (nSPS) is 36.7. The summed E-state index contributed by atoms with van der Waals surface area (Å²) in [7, 11) is 0. The third-order valence-electron chi connectivity index (χ3n) is 6.09. The maximum absolute atomic E-state index is 5.95. The van der Waals surface area contributed by atoms with Crippen LogP contribution in [0, 0.1) is 0 Å². The van der Waals surface area contributed by atoms with E-state index in [0.29, 0.717) is 5.54 Å². The van der Waals surface area contributed by atoms with Gasteiger partial charge < -0.3 is 10.1 Å². The van der Waals surface area contributed by atoms with E-state index in [9.17, 15) is 0 Å². The molecule has 2 aliphatic heterocycles.